The van der Waals surface area contributed by atoms with Gasteiger partial charge in [0.25, 0.3) is 0 Å². The van der Waals surface area contributed by atoms with Crippen LogP contribution in [0.25, 0.3) is 0 Å². The van der Waals surface area contributed by atoms with E-state index in [1.165, 1.54) is 0 Å². The fourth-order valence-corrected chi connectivity index (χ4v) is 1.11. The quantitative estimate of drug-likeness (QED) is 0.470. The highest BCUT2D eigenvalue weighted by Gasteiger charge is 2.09. The number of nitrogens with zero attached hydrogens (tertiary/aromatic N) is 1. The molecule has 0 unspecified atom stereocenters. The van der Waals surface area contributed by atoms with E-state index in [0.717, 1.165) is 19.3 Å². The first-order chi connectivity index (χ1) is 5.70. The number of hydrogen-bond acceptors (Lipinski definition) is 3. The first kappa shape index (κ1) is 11.4. The zero-order valence-corrected chi connectivity index (χ0v) is 7.53. The highest BCUT2D eigenvalue weighted by Crippen LogP contribution is 2.11. The van der Waals surface area contributed by atoms with Gasteiger partial charge in [-0.1, -0.05) is 19.8 Å². The van der Waals surface area contributed by atoms with Crippen LogP contribution in [0.15, 0.2) is 0 Å². The highest BCUT2D eigenvalue weighted by molar-refractivity contribution is 4.56. The molecule has 0 amide bonds. The molecule has 0 fully saturated rings. The summed E-state index contributed by atoms with van der Waals surface area (Å²) in [4.78, 5) is 9.69. The molecule has 72 valence electrons. The molecule has 0 bridgehead atoms. The molecule has 0 spiro atoms. The van der Waals surface area contributed by atoms with Crippen LogP contribution in [0.4, 0.5) is 0 Å². The van der Waals surface area contributed by atoms with Crippen LogP contribution in [0.1, 0.15) is 32.6 Å². The van der Waals surface area contributed by atoms with Crippen LogP contribution in [0.3, 0.4) is 0 Å². The minimum Gasteiger partial charge on any atom is -0.396 e. The van der Waals surface area contributed by atoms with Gasteiger partial charge in [-0.25, -0.2) is 0 Å². The minimum atomic E-state index is -0.325. The zero-order valence-electron chi connectivity index (χ0n) is 7.53. The standard InChI is InChI=1S/C8H17NO3/c1-2-3-4-8(7-10)5-6-9(11)12/h8,10H,2-7H2,1H3/t8-/m0/s1. The largest absolute Gasteiger partial charge is 0.396 e. The SMILES string of the molecule is CCCC[C@H](CO)CC[N+](=O)[O-]. The van der Waals surface area contributed by atoms with Crippen molar-refractivity contribution in [3.63, 3.8) is 0 Å². The van der Waals surface area contributed by atoms with Crippen molar-refractivity contribution in [2.75, 3.05) is 13.2 Å². The van der Waals surface area contributed by atoms with Gasteiger partial charge in [-0.05, 0) is 12.3 Å². The van der Waals surface area contributed by atoms with E-state index in [0.29, 0.717) is 6.42 Å². The summed E-state index contributed by atoms with van der Waals surface area (Å²) in [6.07, 6.45) is 3.53. The van der Waals surface area contributed by atoms with Gasteiger partial charge >= 0.3 is 0 Å². The van der Waals surface area contributed by atoms with Gasteiger partial charge in [0.15, 0.2) is 0 Å². The fraction of sp³-hybridized carbons (Fsp3) is 1.00. The monoisotopic (exact) mass is 175 g/mol. The third-order valence-corrected chi connectivity index (χ3v) is 1.94. The molecule has 0 rings (SSSR count). The van der Waals surface area contributed by atoms with E-state index >= 15 is 0 Å². The second-order valence-electron chi connectivity index (χ2n) is 3.04. The summed E-state index contributed by atoms with van der Waals surface area (Å²) in [7, 11) is 0. The van der Waals surface area contributed by atoms with Gasteiger partial charge in [0.1, 0.15) is 0 Å². The average Bonchev–Trinajstić information content (AvgIpc) is 2.05. The van der Waals surface area contributed by atoms with Crippen LogP contribution in [0.2, 0.25) is 0 Å². The molecule has 4 nitrogen and oxygen atoms in total. The second-order valence-corrected chi connectivity index (χ2v) is 3.04. The maximum atomic E-state index is 10.0. The van der Waals surface area contributed by atoms with Crippen LogP contribution in [-0.2, 0) is 0 Å². The van der Waals surface area contributed by atoms with E-state index in [2.05, 4.69) is 6.92 Å². The van der Waals surface area contributed by atoms with E-state index < -0.39 is 0 Å². The van der Waals surface area contributed by atoms with Crippen LogP contribution in [-0.4, -0.2) is 23.2 Å². The van der Waals surface area contributed by atoms with Crippen LogP contribution >= 0.6 is 0 Å². The molecule has 1 atom stereocenters. The lowest BCUT2D eigenvalue weighted by Crippen LogP contribution is -2.12. The van der Waals surface area contributed by atoms with Crippen molar-refractivity contribution in [1.29, 1.82) is 0 Å². The van der Waals surface area contributed by atoms with Gasteiger partial charge in [0, 0.05) is 18.0 Å². The Morgan fingerprint density at radius 1 is 1.50 bits per heavy atom. The number of aliphatic hydroxyl groups excluding tert-OH is 1. The van der Waals surface area contributed by atoms with Crippen molar-refractivity contribution >= 4 is 0 Å². The highest BCUT2D eigenvalue weighted by atomic mass is 16.6. The third kappa shape index (κ3) is 6.09. The smallest absolute Gasteiger partial charge is 0.204 e. The number of aliphatic hydroxyl groups is 1. The van der Waals surface area contributed by atoms with Gasteiger partial charge < -0.3 is 5.11 Å². The fourth-order valence-electron chi connectivity index (χ4n) is 1.11. The molecule has 0 radical (unpaired) electrons. The molecule has 0 aliphatic rings. The Morgan fingerprint density at radius 3 is 2.58 bits per heavy atom. The summed E-state index contributed by atoms with van der Waals surface area (Å²) >= 11 is 0. The first-order valence-corrected chi connectivity index (χ1v) is 4.43. The molecule has 0 aliphatic heterocycles. The van der Waals surface area contributed by atoms with Gasteiger partial charge in [-0.2, -0.15) is 0 Å². The third-order valence-electron chi connectivity index (χ3n) is 1.94. The van der Waals surface area contributed by atoms with Gasteiger partial charge in [0.2, 0.25) is 6.54 Å². The van der Waals surface area contributed by atoms with Crippen molar-refractivity contribution in [3.05, 3.63) is 10.1 Å². The molecular weight excluding hydrogens is 158 g/mol. The molecule has 0 heterocycles. The van der Waals surface area contributed by atoms with E-state index in [9.17, 15) is 10.1 Å². The van der Waals surface area contributed by atoms with Crippen molar-refractivity contribution in [3.8, 4) is 0 Å². The Bertz CT molecular complexity index is 127. The molecule has 0 saturated heterocycles. The molecule has 12 heavy (non-hydrogen) atoms. The van der Waals surface area contributed by atoms with Gasteiger partial charge in [-0.15, -0.1) is 0 Å². The summed E-state index contributed by atoms with van der Waals surface area (Å²) in [6.45, 7) is 2.13. The Balaban J connectivity index is 3.45. The van der Waals surface area contributed by atoms with Crippen molar-refractivity contribution in [1.82, 2.24) is 0 Å². The Kier molecular flexibility index (Phi) is 6.66. The summed E-state index contributed by atoms with van der Waals surface area (Å²) in [6, 6.07) is 0. The van der Waals surface area contributed by atoms with Crippen LogP contribution < -0.4 is 0 Å². The topological polar surface area (TPSA) is 63.4 Å². The van der Waals surface area contributed by atoms with E-state index in [1.807, 2.05) is 0 Å². The van der Waals surface area contributed by atoms with Crippen molar-refractivity contribution < 1.29 is 10.0 Å². The van der Waals surface area contributed by atoms with Gasteiger partial charge in [0.05, 0.1) is 0 Å². The maximum absolute atomic E-state index is 10.0. The molecule has 4 heteroatoms. The molecule has 1 N–H and O–H groups in total. The molecule has 0 aromatic heterocycles. The van der Waals surface area contributed by atoms with Crippen LogP contribution in [0, 0.1) is 16.0 Å². The summed E-state index contributed by atoms with van der Waals surface area (Å²) in [5.74, 6) is 0.121. The summed E-state index contributed by atoms with van der Waals surface area (Å²) in [5.41, 5.74) is 0. The predicted octanol–water partition coefficient (Wildman–Crippen LogP) is 1.45. The lowest BCUT2D eigenvalue weighted by atomic mass is 10.00. The zero-order chi connectivity index (χ0) is 9.40. The molecule has 0 aromatic rings. The summed E-state index contributed by atoms with van der Waals surface area (Å²) in [5, 5.41) is 18.9. The number of hydrogen-bond donors (Lipinski definition) is 1. The molecule has 0 aliphatic carbocycles. The average molecular weight is 175 g/mol. The van der Waals surface area contributed by atoms with Crippen molar-refractivity contribution in [2.24, 2.45) is 5.92 Å². The number of rotatable bonds is 7. The molecule has 0 saturated carbocycles. The maximum Gasteiger partial charge on any atom is 0.204 e. The van der Waals surface area contributed by atoms with E-state index in [-0.39, 0.29) is 24.0 Å². The molecular formula is C8H17NO3. The normalized spacial score (nSPS) is 12.8. The van der Waals surface area contributed by atoms with Crippen LogP contribution in [0.5, 0.6) is 0 Å². The van der Waals surface area contributed by atoms with Gasteiger partial charge in [-0.3, -0.25) is 10.1 Å². The lowest BCUT2D eigenvalue weighted by Gasteiger charge is -2.09. The molecule has 0 aromatic carbocycles. The lowest BCUT2D eigenvalue weighted by molar-refractivity contribution is -0.481. The van der Waals surface area contributed by atoms with Crippen molar-refractivity contribution in [2.45, 2.75) is 32.6 Å². The summed E-state index contributed by atoms with van der Waals surface area (Å²) < 4.78 is 0. The van der Waals surface area contributed by atoms with E-state index in [4.69, 9.17) is 5.11 Å². The minimum absolute atomic E-state index is 0.0189. The van der Waals surface area contributed by atoms with E-state index in [1.54, 1.807) is 0 Å². The second kappa shape index (κ2) is 7.03. The number of unbranched alkanes of at least 4 members (excludes halogenated alkanes) is 1. The Hall–Kier alpha value is -0.640. The number of nitro groups is 1. The Morgan fingerprint density at radius 2 is 2.17 bits per heavy atom. The first-order valence-electron chi connectivity index (χ1n) is 4.43. The predicted molar refractivity (Wildman–Crippen MR) is 46.6 cm³/mol. The Labute approximate surface area is 72.7 Å².